The lowest BCUT2D eigenvalue weighted by Crippen LogP contribution is -2.37. The van der Waals surface area contributed by atoms with Gasteiger partial charge in [-0.15, -0.1) is 0 Å². The highest BCUT2D eigenvalue weighted by atomic mass is 16.5. The van der Waals surface area contributed by atoms with Crippen LogP contribution in [0.2, 0.25) is 0 Å². The molecule has 0 bridgehead atoms. The minimum atomic E-state index is 0.124. The van der Waals surface area contributed by atoms with E-state index in [1.165, 1.54) is 0 Å². The van der Waals surface area contributed by atoms with Gasteiger partial charge < -0.3 is 13.9 Å². The highest BCUT2D eigenvalue weighted by Crippen LogP contribution is 2.24. The third kappa shape index (κ3) is 3.81. The first-order valence-corrected chi connectivity index (χ1v) is 9.57. The summed E-state index contributed by atoms with van der Waals surface area (Å²) in [5.41, 5.74) is 2.35. The van der Waals surface area contributed by atoms with Gasteiger partial charge in [0.05, 0.1) is 12.1 Å². The van der Waals surface area contributed by atoms with Gasteiger partial charge in [-0.1, -0.05) is 16.4 Å². The smallest absolute Gasteiger partial charge is 0.276 e. The third-order valence-electron chi connectivity index (χ3n) is 5.26. The molecule has 4 heterocycles. The average Bonchev–Trinajstić information content (AvgIpc) is 3.44. The highest BCUT2D eigenvalue weighted by Gasteiger charge is 2.30. The third-order valence-corrected chi connectivity index (χ3v) is 5.26. The van der Waals surface area contributed by atoms with E-state index in [2.05, 4.69) is 20.3 Å². The van der Waals surface area contributed by atoms with E-state index < -0.39 is 0 Å². The summed E-state index contributed by atoms with van der Waals surface area (Å²) in [7, 11) is 0. The van der Waals surface area contributed by atoms with Crippen molar-refractivity contribution in [2.24, 2.45) is 0 Å². The number of pyridine rings is 1. The van der Waals surface area contributed by atoms with Gasteiger partial charge in [0.2, 0.25) is 5.91 Å². The summed E-state index contributed by atoms with van der Waals surface area (Å²) in [6, 6.07) is 5.76. The number of rotatable bonds is 6. The second kappa shape index (κ2) is 7.92. The van der Waals surface area contributed by atoms with Gasteiger partial charge in [0, 0.05) is 30.8 Å². The minimum absolute atomic E-state index is 0.124. The largest absolute Gasteiger partial charge is 0.361 e. The monoisotopic (exact) mass is 381 g/mol. The molecule has 1 aliphatic rings. The van der Waals surface area contributed by atoms with E-state index >= 15 is 0 Å². The molecule has 1 fully saturated rings. The Morgan fingerprint density at radius 2 is 2.14 bits per heavy atom. The van der Waals surface area contributed by atoms with Gasteiger partial charge >= 0.3 is 0 Å². The lowest BCUT2D eigenvalue weighted by molar-refractivity contribution is -0.131. The molecule has 0 N–H and O–H groups in total. The lowest BCUT2D eigenvalue weighted by Gasteiger charge is -2.24. The molecule has 1 saturated heterocycles. The summed E-state index contributed by atoms with van der Waals surface area (Å²) in [5, 5.41) is 8.00. The van der Waals surface area contributed by atoms with Gasteiger partial charge in [0.15, 0.2) is 5.82 Å². The van der Waals surface area contributed by atoms with E-state index in [-0.39, 0.29) is 11.9 Å². The average molecular weight is 381 g/mol. The molecule has 0 radical (unpaired) electrons. The van der Waals surface area contributed by atoms with Crippen molar-refractivity contribution in [3.63, 3.8) is 0 Å². The molecule has 28 heavy (non-hydrogen) atoms. The number of aromatic nitrogens is 4. The molecule has 3 aromatic rings. The normalized spacial score (nSPS) is 16.6. The van der Waals surface area contributed by atoms with Crippen LogP contribution in [0.15, 0.2) is 33.4 Å². The Balaban J connectivity index is 1.37. The van der Waals surface area contributed by atoms with Crippen LogP contribution in [-0.4, -0.2) is 43.7 Å². The van der Waals surface area contributed by atoms with Gasteiger partial charge in [0.25, 0.3) is 5.89 Å². The second-order valence-electron chi connectivity index (χ2n) is 7.13. The Hall–Kier alpha value is -3.03. The Morgan fingerprint density at radius 1 is 1.25 bits per heavy atom. The van der Waals surface area contributed by atoms with Crippen molar-refractivity contribution in [2.75, 3.05) is 6.54 Å². The number of nitrogens with zero attached hydrogens (tertiary/aromatic N) is 5. The summed E-state index contributed by atoms with van der Waals surface area (Å²) in [4.78, 5) is 23.5. The molecule has 0 saturated carbocycles. The fraction of sp³-hybridized carbons (Fsp3) is 0.450. The predicted octanol–water partition coefficient (Wildman–Crippen LogP) is 2.90. The first-order chi connectivity index (χ1) is 13.6. The number of hydrogen-bond donors (Lipinski definition) is 0. The molecule has 3 aromatic heterocycles. The van der Waals surface area contributed by atoms with Crippen LogP contribution in [0.3, 0.4) is 0 Å². The molecular formula is C20H23N5O3. The Kier molecular flexibility index (Phi) is 5.18. The summed E-state index contributed by atoms with van der Waals surface area (Å²) in [6.45, 7) is 4.51. The van der Waals surface area contributed by atoms with E-state index in [4.69, 9.17) is 9.05 Å². The van der Waals surface area contributed by atoms with E-state index in [1.807, 2.05) is 36.9 Å². The minimum Gasteiger partial charge on any atom is -0.361 e. The first kappa shape index (κ1) is 18.3. The van der Waals surface area contributed by atoms with E-state index in [1.54, 1.807) is 6.20 Å². The van der Waals surface area contributed by atoms with Crippen molar-refractivity contribution in [3.05, 3.63) is 47.2 Å². The van der Waals surface area contributed by atoms with Gasteiger partial charge in [-0.05, 0) is 45.2 Å². The quantitative estimate of drug-likeness (QED) is 0.647. The van der Waals surface area contributed by atoms with Crippen molar-refractivity contribution in [3.8, 4) is 11.6 Å². The van der Waals surface area contributed by atoms with Crippen molar-refractivity contribution >= 4 is 5.91 Å². The van der Waals surface area contributed by atoms with Crippen LogP contribution in [0, 0.1) is 13.8 Å². The fourth-order valence-corrected chi connectivity index (χ4v) is 3.72. The molecule has 146 valence electrons. The van der Waals surface area contributed by atoms with Crippen molar-refractivity contribution in [1.29, 1.82) is 0 Å². The Bertz CT molecular complexity index is 930. The van der Waals surface area contributed by atoms with Crippen LogP contribution >= 0.6 is 0 Å². The Morgan fingerprint density at radius 3 is 2.89 bits per heavy atom. The van der Waals surface area contributed by atoms with Gasteiger partial charge in [-0.25, -0.2) is 0 Å². The molecule has 0 spiro atoms. The summed E-state index contributed by atoms with van der Waals surface area (Å²) >= 11 is 0. The number of carbonyl (C=O) groups excluding carboxylic acids is 1. The maximum atomic E-state index is 12.8. The molecule has 0 aromatic carbocycles. The Labute approximate surface area is 162 Å². The van der Waals surface area contributed by atoms with Crippen LogP contribution in [-0.2, 0) is 17.6 Å². The number of likely N-dealkylation sites (tertiary alicyclic amines) is 1. The predicted molar refractivity (Wildman–Crippen MR) is 100 cm³/mol. The first-order valence-electron chi connectivity index (χ1n) is 9.57. The van der Waals surface area contributed by atoms with Crippen molar-refractivity contribution < 1.29 is 13.8 Å². The van der Waals surface area contributed by atoms with Crippen molar-refractivity contribution in [1.82, 2.24) is 25.2 Å². The number of aryl methyl sites for hydroxylation is 3. The molecule has 1 atom stereocenters. The van der Waals surface area contributed by atoms with E-state index in [9.17, 15) is 4.79 Å². The lowest BCUT2D eigenvalue weighted by atomic mass is 10.1. The van der Waals surface area contributed by atoms with Crippen molar-refractivity contribution in [2.45, 2.75) is 52.0 Å². The molecule has 1 unspecified atom stereocenters. The van der Waals surface area contributed by atoms with Crippen LogP contribution in [0.25, 0.3) is 11.6 Å². The molecule has 0 aliphatic carbocycles. The second-order valence-corrected chi connectivity index (χ2v) is 7.13. The molecule has 8 nitrogen and oxygen atoms in total. The summed E-state index contributed by atoms with van der Waals surface area (Å²) < 4.78 is 10.5. The number of hydrogen-bond acceptors (Lipinski definition) is 7. The molecule has 8 heteroatoms. The topological polar surface area (TPSA) is 98.2 Å². The zero-order chi connectivity index (χ0) is 19.5. The van der Waals surface area contributed by atoms with Gasteiger partial charge in [-0.2, -0.15) is 4.98 Å². The maximum absolute atomic E-state index is 12.8. The SMILES string of the molecule is Cc1noc(C)c1CC(=O)N1CCCC1CCc1noc(-c2ccccn2)n1. The highest BCUT2D eigenvalue weighted by molar-refractivity contribution is 5.79. The van der Waals surface area contributed by atoms with Gasteiger partial charge in [-0.3, -0.25) is 9.78 Å². The zero-order valence-electron chi connectivity index (χ0n) is 16.1. The summed E-state index contributed by atoms with van der Waals surface area (Å²) in [5.74, 6) is 1.91. The zero-order valence-corrected chi connectivity index (χ0v) is 16.1. The number of carbonyl (C=O) groups is 1. The van der Waals surface area contributed by atoms with Crippen LogP contribution in [0.1, 0.15) is 42.1 Å². The van der Waals surface area contributed by atoms with Crippen LogP contribution < -0.4 is 0 Å². The number of amides is 1. The molecule has 1 amide bonds. The van der Waals surface area contributed by atoms with E-state index in [0.717, 1.165) is 42.8 Å². The molecule has 1 aliphatic heterocycles. The van der Waals surface area contributed by atoms with E-state index in [0.29, 0.717) is 30.3 Å². The molecular weight excluding hydrogens is 358 g/mol. The summed E-state index contributed by atoms with van der Waals surface area (Å²) in [6.07, 6.45) is 5.52. The van der Waals surface area contributed by atoms with Crippen LogP contribution in [0.5, 0.6) is 0 Å². The van der Waals surface area contributed by atoms with Gasteiger partial charge in [0.1, 0.15) is 11.5 Å². The standard InChI is InChI=1S/C20H23N5O3/c1-13-16(14(2)27-23-13)12-19(26)25-11-5-6-15(25)8-9-18-22-20(28-24-18)17-7-3-4-10-21-17/h3-4,7,10,15H,5-6,8-9,11-12H2,1-2H3. The fourth-order valence-electron chi connectivity index (χ4n) is 3.72. The maximum Gasteiger partial charge on any atom is 0.276 e. The molecule has 4 rings (SSSR count). The van der Waals surface area contributed by atoms with Crippen LogP contribution in [0.4, 0.5) is 0 Å².